The van der Waals surface area contributed by atoms with E-state index in [2.05, 4.69) is 9.97 Å². The van der Waals surface area contributed by atoms with Gasteiger partial charge in [0.2, 0.25) is 0 Å². The molecule has 2 heterocycles. The minimum absolute atomic E-state index is 0.0879. The van der Waals surface area contributed by atoms with E-state index >= 15 is 0 Å². The van der Waals surface area contributed by atoms with E-state index in [9.17, 15) is 4.79 Å². The molecule has 0 radical (unpaired) electrons. The number of likely N-dealkylation sites (tertiary alicyclic amines) is 1. The zero-order valence-corrected chi connectivity index (χ0v) is 14.2. The maximum Gasteiger partial charge on any atom is 0.272 e. The molecule has 1 fully saturated rings. The van der Waals surface area contributed by atoms with Gasteiger partial charge in [-0.2, -0.15) is 0 Å². The number of hydrogen-bond acceptors (Lipinski definition) is 5. The number of aryl methyl sites for hydroxylation is 2. The Kier molecular flexibility index (Phi) is 4.49. The number of nitrogens with zero attached hydrogens (tertiary/aromatic N) is 3. The van der Waals surface area contributed by atoms with E-state index in [1.165, 1.54) is 0 Å². The monoisotopic (exact) mass is 326 g/mol. The van der Waals surface area contributed by atoms with Crippen molar-refractivity contribution in [3.05, 3.63) is 53.1 Å². The van der Waals surface area contributed by atoms with Crippen LogP contribution in [0.2, 0.25) is 0 Å². The van der Waals surface area contributed by atoms with Crippen molar-refractivity contribution >= 4 is 5.91 Å². The van der Waals surface area contributed by atoms with Gasteiger partial charge in [0.25, 0.3) is 5.91 Å². The van der Waals surface area contributed by atoms with Crippen molar-refractivity contribution < 1.29 is 9.53 Å². The minimum Gasteiger partial charge on any atom is -0.497 e. The molecule has 0 aliphatic carbocycles. The van der Waals surface area contributed by atoms with Crippen LogP contribution in [0.15, 0.2) is 30.3 Å². The molecule has 3 rings (SSSR count). The van der Waals surface area contributed by atoms with Crippen LogP contribution in [0.5, 0.6) is 5.75 Å². The van der Waals surface area contributed by atoms with Crippen molar-refractivity contribution in [1.82, 2.24) is 14.9 Å². The van der Waals surface area contributed by atoms with Crippen molar-refractivity contribution in [1.29, 1.82) is 0 Å². The highest BCUT2D eigenvalue weighted by atomic mass is 16.5. The summed E-state index contributed by atoms with van der Waals surface area (Å²) in [6.45, 7) is 4.77. The SMILES string of the molecule is COc1ccc(C2CN(C(=O)c3cc(C)nc(C)n3)CC2N)cc1. The fraction of sp³-hybridized carbons (Fsp3) is 0.389. The van der Waals surface area contributed by atoms with E-state index in [1.807, 2.05) is 31.2 Å². The van der Waals surface area contributed by atoms with Gasteiger partial charge in [-0.05, 0) is 37.6 Å². The molecule has 126 valence electrons. The third kappa shape index (κ3) is 3.23. The third-order valence-corrected chi connectivity index (χ3v) is 4.38. The highest BCUT2D eigenvalue weighted by Gasteiger charge is 2.34. The summed E-state index contributed by atoms with van der Waals surface area (Å²) in [6.07, 6.45) is 0. The van der Waals surface area contributed by atoms with E-state index in [1.54, 1.807) is 25.0 Å². The summed E-state index contributed by atoms with van der Waals surface area (Å²) in [7, 11) is 1.64. The van der Waals surface area contributed by atoms with Gasteiger partial charge in [-0.25, -0.2) is 9.97 Å². The molecule has 1 amide bonds. The molecule has 2 atom stereocenters. The zero-order valence-electron chi connectivity index (χ0n) is 14.2. The van der Waals surface area contributed by atoms with Crippen LogP contribution in [-0.4, -0.2) is 47.0 Å². The second kappa shape index (κ2) is 6.57. The van der Waals surface area contributed by atoms with E-state index in [0.29, 0.717) is 24.6 Å². The molecule has 6 heteroatoms. The number of hydrogen-bond donors (Lipinski definition) is 1. The lowest BCUT2D eigenvalue weighted by atomic mass is 9.95. The normalized spacial score (nSPS) is 20.2. The molecule has 24 heavy (non-hydrogen) atoms. The zero-order chi connectivity index (χ0) is 17.3. The maximum atomic E-state index is 12.7. The highest BCUT2D eigenvalue weighted by molar-refractivity contribution is 5.92. The number of carbonyl (C=O) groups is 1. The topological polar surface area (TPSA) is 81.3 Å². The predicted molar refractivity (Wildman–Crippen MR) is 91.1 cm³/mol. The summed E-state index contributed by atoms with van der Waals surface area (Å²) in [5.74, 6) is 1.44. The Labute approximate surface area is 141 Å². The van der Waals surface area contributed by atoms with Crippen LogP contribution in [0.25, 0.3) is 0 Å². The first kappa shape index (κ1) is 16.4. The van der Waals surface area contributed by atoms with E-state index in [4.69, 9.17) is 10.5 Å². The van der Waals surface area contributed by atoms with Gasteiger partial charge in [-0.3, -0.25) is 4.79 Å². The first-order valence-electron chi connectivity index (χ1n) is 7.99. The van der Waals surface area contributed by atoms with Crippen molar-refractivity contribution in [2.75, 3.05) is 20.2 Å². The predicted octanol–water partition coefficient (Wildman–Crippen LogP) is 1.67. The van der Waals surface area contributed by atoms with Crippen LogP contribution in [0.1, 0.15) is 33.5 Å². The molecule has 2 N–H and O–H groups in total. The Bertz CT molecular complexity index is 725. The molecule has 0 spiro atoms. The molecule has 0 saturated carbocycles. The van der Waals surface area contributed by atoms with Gasteiger partial charge in [0.15, 0.2) is 0 Å². The van der Waals surface area contributed by atoms with Crippen LogP contribution in [0, 0.1) is 13.8 Å². The van der Waals surface area contributed by atoms with Crippen molar-refractivity contribution in [2.24, 2.45) is 5.73 Å². The van der Waals surface area contributed by atoms with Gasteiger partial charge < -0.3 is 15.4 Å². The Hall–Kier alpha value is -2.47. The van der Waals surface area contributed by atoms with E-state index in [-0.39, 0.29) is 17.9 Å². The quantitative estimate of drug-likeness (QED) is 0.928. The lowest BCUT2D eigenvalue weighted by molar-refractivity contribution is 0.0782. The number of methoxy groups -OCH3 is 1. The van der Waals surface area contributed by atoms with Gasteiger partial charge in [0.05, 0.1) is 7.11 Å². The lowest BCUT2D eigenvalue weighted by Gasteiger charge is -2.16. The molecular weight excluding hydrogens is 304 g/mol. The van der Waals surface area contributed by atoms with Gasteiger partial charge in [0.1, 0.15) is 17.3 Å². The first-order valence-corrected chi connectivity index (χ1v) is 7.99. The molecule has 1 aliphatic rings. The first-order chi connectivity index (χ1) is 11.5. The number of rotatable bonds is 3. The fourth-order valence-electron chi connectivity index (χ4n) is 3.19. The number of ether oxygens (including phenoxy) is 1. The molecule has 2 aromatic rings. The van der Waals surface area contributed by atoms with Crippen LogP contribution >= 0.6 is 0 Å². The van der Waals surface area contributed by atoms with Crippen LogP contribution in [-0.2, 0) is 0 Å². The average molecular weight is 326 g/mol. The van der Waals surface area contributed by atoms with Crippen LogP contribution in [0.4, 0.5) is 0 Å². The number of aromatic nitrogens is 2. The molecule has 1 aliphatic heterocycles. The number of carbonyl (C=O) groups excluding carboxylic acids is 1. The summed E-state index contributed by atoms with van der Waals surface area (Å²) < 4.78 is 5.19. The molecule has 1 aromatic carbocycles. The Morgan fingerprint density at radius 1 is 1.21 bits per heavy atom. The Morgan fingerprint density at radius 3 is 2.54 bits per heavy atom. The summed E-state index contributed by atoms with van der Waals surface area (Å²) in [5.41, 5.74) is 8.63. The number of amides is 1. The van der Waals surface area contributed by atoms with Crippen LogP contribution in [0.3, 0.4) is 0 Å². The highest BCUT2D eigenvalue weighted by Crippen LogP contribution is 2.28. The maximum absolute atomic E-state index is 12.7. The third-order valence-electron chi connectivity index (χ3n) is 4.38. The second-order valence-corrected chi connectivity index (χ2v) is 6.20. The van der Waals surface area contributed by atoms with E-state index in [0.717, 1.165) is 17.0 Å². The van der Waals surface area contributed by atoms with Crippen molar-refractivity contribution in [3.63, 3.8) is 0 Å². The lowest BCUT2D eigenvalue weighted by Crippen LogP contribution is -2.32. The summed E-state index contributed by atoms with van der Waals surface area (Å²) in [5, 5.41) is 0. The number of nitrogens with two attached hydrogens (primary N) is 1. The molecule has 2 unspecified atom stereocenters. The molecule has 6 nitrogen and oxygen atoms in total. The smallest absolute Gasteiger partial charge is 0.272 e. The fourth-order valence-corrected chi connectivity index (χ4v) is 3.19. The van der Waals surface area contributed by atoms with Crippen LogP contribution < -0.4 is 10.5 Å². The van der Waals surface area contributed by atoms with Gasteiger partial charge >= 0.3 is 0 Å². The Morgan fingerprint density at radius 2 is 1.92 bits per heavy atom. The Balaban J connectivity index is 1.78. The summed E-state index contributed by atoms with van der Waals surface area (Å²) >= 11 is 0. The van der Waals surface area contributed by atoms with Crippen molar-refractivity contribution in [2.45, 2.75) is 25.8 Å². The van der Waals surface area contributed by atoms with Gasteiger partial charge in [-0.15, -0.1) is 0 Å². The molecule has 1 aromatic heterocycles. The number of benzene rings is 1. The summed E-state index contributed by atoms with van der Waals surface area (Å²) in [4.78, 5) is 23.0. The van der Waals surface area contributed by atoms with Crippen molar-refractivity contribution in [3.8, 4) is 5.75 Å². The molecule has 1 saturated heterocycles. The van der Waals surface area contributed by atoms with Gasteiger partial charge in [-0.1, -0.05) is 12.1 Å². The standard InChI is InChI=1S/C18H22N4O2/c1-11-8-17(21-12(2)20-11)18(23)22-9-15(16(19)10-22)13-4-6-14(24-3)7-5-13/h4-8,15-16H,9-10,19H2,1-3H3. The van der Waals surface area contributed by atoms with Gasteiger partial charge in [0, 0.05) is 30.7 Å². The molecule has 0 bridgehead atoms. The second-order valence-electron chi connectivity index (χ2n) is 6.20. The largest absolute Gasteiger partial charge is 0.497 e. The minimum atomic E-state index is -0.0913. The summed E-state index contributed by atoms with van der Waals surface area (Å²) in [6, 6.07) is 9.49. The average Bonchev–Trinajstić information content (AvgIpc) is 2.95. The van der Waals surface area contributed by atoms with E-state index < -0.39 is 0 Å². The molecular formula is C18H22N4O2.